The van der Waals surface area contributed by atoms with E-state index in [-0.39, 0.29) is 0 Å². The van der Waals surface area contributed by atoms with Gasteiger partial charge in [0.2, 0.25) is 0 Å². The van der Waals surface area contributed by atoms with Crippen molar-refractivity contribution < 1.29 is 8.42 Å². The third-order valence-electron chi connectivity index (χ3n) is 1.19. The molecule has 1 rings (SSSR count). The molecule has 11 heavy (non-hydrogen) atoms. The minimum atomic E-state index is -3.23. The summed E-state index contributed by atoms with van der Waals surface area (Å²) in [7, 11) is -1.53. The maximum Gasteiger partial charge on any atom is 0.250 e. The minimum absolute atomic E-state index is 0.676. The van der Waals surface area contributed by atoms with E-state index in [2.05, 4.69) is 10.4 Å². The molecule has 0 radical (unpaired) electrons. The quantitative estimate of drug-likeness (QED) is 0.672. The van der Waals surface area contributed by atoms with Gasteiger partial charge in [0.1, 0.15) is 0 Å². The zero-order chi connectivity index (χ0) is 8.48. The molecule has 0 spiro atoms. The molecule has 1 aromatic rings. The maximum atomic E-state index is 10.8. The van der Waals surface area contributed by atoms with Gasteiger partial charge in [-0.1, -0.05) is 0 Å². The summed E-state index contributed by atoms with van der Waals surface area (Å²) in [5.41, 5.74) is 0.676. The molecule has 0 fully saturated rings. The van der Waals surface area contributed by atoms with Crippen molar-refractivity contribution in [2.24, 2.45) is 0 Å². The topological polar surface area (TPSA) is 64.0 Å². The van der Waals surface area contributed by atoms with E-state index in [0.29, 0.717) is 5.69 Å². The van der Waals surface area contributed by atoms with Crippen LogP contribution >= 0.6 is 0 Å². The predicted molar refractivity (Wildman–Crippen MR) is 42.0 cm³/mol. The summed E-state index contributed by atoms with van der Waals surface area (Å²) < 4.78 is 22.6. The van der Waals surface area contributed by atoms with E-state index < -0.39 is 10.0 Å². The molecule has 1 aromatic heterocycles. The highest BCUT2D eigenvalue weighted by Crippen LogP contribution is 2.03. The zero-order valence-corrected chi connectivity index (χ0v) is 7.09. The molecular weight excluding hydrogens is 166 g/mol. The molecule has 0 saturated heterocycles. The Balaban J connectivity index is 3.09. The Bertz CT molecular complexity index is 340. The first-order chi connectivity index (χ1) is 5.04. The van der Waals surface area contributed by atoms with Crippen LogP contribution < -0.4 is 5.32 Å². The second-order valence-electron chi connectivity index (χ2n) is 2.11. The van der Waals surface area contributed by atoms with Crippen LogP contribution in [0.4, 0.5) is 5.69 Å². The molecule has 0 amide bonds. The van der Waals surface area contributed by atoms with Crippen molar-refractivity contribution in [1.29, 1.82) is 0 Å². The summed E-state index contributed by atoms with van der Waals surface area (Å²) >= 11 is 0. The third kappa shape index (κ3) is 1.70. The molecule has 0 saturated carbocycles. The van der Waals surface area contributed by atoms with Gasteiger partial charge in [0, 0.05) is 7.05 Å². The van der Waals surface area contributed by atoms with Gasteiger partial charge in [-0.2, -0.15) is 9.19 Å². The fourth-order valence-electron chi connectivity index (χ4n) is 0.615. The number of hydrogen-bond donors (Lipinski definition) is 1. The van der Waals surface area contributed by atoms with Crippen LogP contribution in [0.5, 0.6) is 0 Å². The Morgan fingerprint density at radius 1 is 1.64 bits per heavy atom. The van der Waals surface area contributed by atoms with Crippen molar-refractivity contribution in [2.45, 2.75) is 0 Å². The van der Waals surface area contributed by atoms with Crippen LogP contribution in [0.15, 0.2) is 12.4 Å². The Kier molecular flexibility index (Phi) is 1.86. The number of hydrogen-bond acceptors (Lipinski definition) is 4. The Labute approximate surface area is 65.1 Å². The fraction of sp³-hybridized carbons (Fsp3) is 0.400. The maximum absolute atomic E-state index is 10.8. The van der Waals surface area contributed by atoms with E-state index in [0.717, 1.165) is 10.3 Å². The van der Waals surface area contributed by atoms with Crippen LogP contribution in [0.1, 0.15) is 0 Å². The third-order valence-corrected chi connectivity index (χ3v) is 2.07. The van der Waals surface area contributed by atoms with Gasteiger partial charge in [-0.15, -0.1) is 0 Å². The first kappa shape index (κ1) is 8.06. The smallest absolute Gasteiger partial charge is 0.250 e. The lowest BCUT2D eigenvalue weighted by atomic mass is 10.6. The van der Waals surface area contributed by atoms with Crippen molar-refractivity contribution in [3.8, 4) is 0 Å². The lowest BCUT2D eigenvalue weighted by Gasteiger charge is -1.93. The number of nitrogens with one attached hydrogen (secondary N) is 1. The molecule has 6 heteroatoms. The normalized spacial score (nSPS) is 11.5. The average Bonchev–Trinajstić information content (AvgIpc) is 2.32. The number of nitrogens with zero attached hydrogens (tertiary/aromatic N) is 2. The number of aromatic nitrogens is 2. The van der Waals surface area contributed by atoms with Gasteiger partial charge in [0.05, 0.1) is 24.3 Å². The molecule has 1 N–H and O–H groups in total. The van der Waals surface area contributed by atoms with Crippen molar-refractivity contribution in [2.75, 3.05) is 18.6 Å². The molecule has 1 heterocycles. The average molecular weight is 175 g/mol. The van der Waals surface area contributed by atoms with E-state index in [1.165, 1.54) is 12.4 Å². The van der Waals surface area contributed by atoms with Gasteiger partial charge in [0.15, 0.2) is 0 Å². The highest BCUT2D eigenvalue weighted by Gasteiger charge is 2.05. The molecular formula is C5H9N3O2S. The summed E-state index contributed by atoms with van der Waals surface area (Å²) in [5, 5.41) is 6.40. The fourth-order valence-corrected chi connectivity index (χ4v) is 1.14. The Hall–Kier alpha value is -1.04. The van der Waals surface area contributed by atoms with Crippen LogP contribution in [0, 0.1) is 0 Å². The molecule has 0 bridgehead atoms. The van der Waals surface area contributed by atoms with Crippen molar-refractivity contribution in [3.05, 3.63) is 12.4 Å². The summed E-state index contributed by atoms with van der Waals surface area (Å²) in [4.78, 5) is 0. The van der Waals surface area contributed by atoms with E-state index in [9.17, 15) is 8.42 Å². The molecule has 0 aliphatic heterocycles. The lowest BCUT2D eigenvalue weighted by Crippen LogP contribution is -2.09. The van der Waals surface area contributed by atoms with Crippen LogP contribution in [0.2, 0.25) is 0 Å². The summed E-state index contributed by atoms with van der Waals surface area (Å²) in [6.07, 6.45) is 3.95. The van der Waals surface area contributed by atoms with E-state index in [1.807, 2.05) is 0 Å². The van der Waals surface area contributed by atoms with E-state index in [4.69, 9.17) is 0 Å². The van der Waals surface area contributed by atoms with Gasteiger partial charge in [-0.05, 0) is 0 Å². The van der Waals surface area contributed by atoms with Gasteiger partial charge < -0.3 is 5.32 Å². The highest BCUT2D eigenvalue weighted by atomic mass is 32.2. The first-order valence-electron chi connectivity index (χ1n) is 2.97. The predicted octanol–water partition coefficient (Wildman–Crippen LogP) is -0.268. The minimum Gasteiger partial charge on any atom is -0.386 e. The van der Waals surface area contributed by atoms with Gasteiger partial charge in [0.25, 0.3) is 10.0 Å². The van der Waals surface area contributed by atoms with Crippen LogP contribution in [-0.2, 0) is 10.0 Å². The molecule has 0 aliphatic rings. The van der Waals surface area contributed by atoms with Gasteiger partial charge in [-0.3, -0.25) is 0 Å². The van der Waals surface area contributed by atoms with Gasteiger partial charge in [-0.25, -0.2) is 8.42 Å². The molecule has 5 nitrogen and oxygen atoms in total. The SMILES string of the molecule is CNc1cnn(S(C)(=O)=O)c1. The van der Waals surface area contributed by atoms with Crippen molar-refractivity contribution in [3.63, 3.8) is 0 Å². The molecule has 0 aliphatic carbocycles. The lowest BCUT2D eigenvalue weighted by molar-refractivity contribution is 0.586. The Morgan fingerprint density at radius 3 is 2.55 bits per heavy atom. The van der Waals surface area contributed by atoms with Crippen molar-refractivity contribution >= 4 is 15.7 Å². The van der Waals surface area contributed by atoms with Crippen LogP contribution in [0.25, 0.3) is 0 Å². The molecule has 0 atom stereocenters. The standard InChI is InChI=1S/C5H9N3O2S/c1-6-5-3-7-8(4-5)11(2,9)10/h3-4,6H,1-2H3. The van der Waals surface area contributed by atoms with E-state index in [1.54, 1.807) is 7.05 Å². The number of rotatable bonds is 2. The van der Waals surface area contributed by atoms with Crippen molar-refractivity contribution in [1.82, 2.24) is 9.19 Å². The second-order valence-corrected chi connectivity index (χ2v) is 3.95. The molecule has 62 valence electrons. The second kappa shape index (κ2) is 2.54. The van der Waals surface area contributed by atoms with Gasteiger partial charge >= 0.3 is 0 Å². The largest absolute Gasteiger partial charge is 0.386 e. The summed E-state index contributed by atoms with van der Waals surface area (Å²) in [5.74, 6) is 0. The van der Waals surface area contributed by atoms with E-state index >= 15 is 0 Å². The highest BCUT2D eigenvalue weighted by molar-refractivity contribution is 7.89. The summed E-state index contributed by atoms with van der Waals surface area (Å²) in [6, 6.07) is 0. The number of anilines is 1. The molecule has 0 aromatic carbocycles. The van der Waals surface area contributed by atoms with Crippen LogP contribution in [0.3, 0.4) is 0 Å². The molecule has 0 unspecified atom stereocenters. The summed E-state index contributed by atoms with van der Waals surface area (Å²) in [6.45, 7) is 0. The first-order valence-corrected chi connectivity index (χ1v) is 4.82. The zero-order valence-electron chi connectivity index (χ0n) is 6.27. The monoisotopic (exact) mass is 175 g/mol. The van der Waals surface area contributed by atoms with Crippen LogP contribution in [-0.4, -0.2) is 30.9 Å². The Morgan fingerprint density at radius 2 is 2.27 bits per heavy atom.